The van der Waals surface area contributed by atoms with Gasteiger partial charge in [0.2, 0.25) is 5.91 Å². The first kappa shape index (κ1) is 16.8. The number of nitrogens with one attached hydrogen (secondary N) is 1. The van der Waals surface area contributed by atoms with Crippen LogP contribution in [0.15, 0.2) is 40.8 Å². The Bertz CT molecular complexity index is 803. The van der Waals surface area contributed by atoms with Crippen molar-refractivity contribution in [2.24, 2.45) is 5.92 Å². The molecule has 0 radical (unpaired) electrons. The van der Waals surface area contributed by atoms with Gasteiger partial charge in [0.05, 0.1) is 0 Å². The van der Waals surface area contributed by atoms with E-state index >= 15 is 0 Å². The van der Waals surface area contributed by atoms with Gasteiger partial charge in [-0.1, -0.05) is 0 Å². The highest BCUT2D eigenvalue weighted by Crippen LogP contribution is 2.32. The Kier molecular flexibility index (Phi) is 4.49. The normalized spacial score (nSPS) is 18.0. The van der Waals surface area contributed by atoms with E-state index in [0.717, 1.165) is 31.2 Å². The van der Waals surface area contributed by atoms with Gasteiger partial charge in [0, 0.05) is 30.6 Å². The molecule has 1 saturated heterocycles. The Morgan fingerprint density at radius 1 is 1.00 bits per heavy atom. The molecule has 2 heterocycles. The van der Waals surface area contributed by atoms with Crippen LogP contribution in [0.3, 0.4) is 0 Å². The van der Waals surface area contributed by atoms with Crippen molar-refractivity contribution in [2.45, 2.75) is 31.7 Å². The Labute approximate surface area is 151 Å². The molecule has 1 aromatic heterocycles. The van der Waals surface area contributed by atoms with E-state index in [1.165, 1.54) is 12.1 Å². The molecular weight excluding hydrogens is 335 g/mol. The van der Waals surface area contributed by atoms with Gasteiger partial charge < -0.3 is 14.6 Å². The molecule has 0 unspecified atom stereocenters. The summed E-state index contributed by atoms with van der Waals surface area (Å²) in [6.45, 7) is 1.39. The topological polar surface area (TPSA) is 62.6 Å². The minimum atomic E-state index is -0.315. The van der Waals surface area contributed by atoms with Crippen LogP contribution >= 0.6 is 0 Å². The molecule has 26 heavy (non-hydrogen) atoms. The Morgan fingerprint density at radius 3 is 2.35 bits per heavy atom. The third kappa shape index (κ3) is 3.64. The zero-order valence-electron chi connectivity index (χ0n) is 14.4. The van der Waals surface area contributed by atoms with E-state index in [1.54, 1.807) is 24.3 Å². The minimum Gasteiger partial charge on any atom is -0.451 e. The van der Waals surface area contributed by atoms with E-state index < -0.39 is 0 Å². The van der Waals surface area contributed by atoms with E-state index in [-0.39, 0.29) is 35.4 Å². The van der Waals surface area contributed by atoms with Gasteiger partial charge in [-0.15, -0.1) is 0 Å². The van der Waals surface area contributed by atoms with Crippen molar-refractivity contribution in [2.75, 3.05) is 13.1 Å². The van der Waals surface area contributed by atoms with Gasteiger partial charge in [-0.05, 0) is 62.1 Å². The lowest BCUT2D eigenvalue weighted by atomic mass is 10.0. The first-order chi connectivity index (χ1) is 12.6. The second kappa shape index (κ2) is 6.94. The first-order valence-electron chi connectivity index (χ1n) is 9.05. The van der Waals surface area contributed by atoms with Gasteiger partial charge in [0.1, 0.15) is 11.6 Å². The minimum absolute atomic E-state index is 0.0464. The van der Waals surface area contributed by atoms with E-state index in [0.29, 0.717) is 18.8 Å². The van der Waals surface area contributed by atoms with Crippen LogP contribution in [0, 0.1) is 11.7 Å². The lowest BCUT2D eigenvalue weighted by Gasteiger charge is -2.32. The fraction of sp³-hybridized carbons (Fsp3) is 0.400. The monoisotopic (exact) mass is 356 g/mol. The summed E-state index contributed by atoms with van der Waals surface area (Å²) in [7, 11) is 0. The predicted molar refractivity (Wildman–Crippen MR) is 93.9 cm³/mol. The molecule has 2 aliphatic rings. The quantitative estimate of drug-likeness (QED) is 0.915. The molecule has 1 aromatic carbocycles. The number of hydrogen-bond acceptors (Lipinski definition) is 3. The Morgan fingerprint density at radius 2 is 1.69 bits per heavy atom. The van der Waals surface area contributed by atoms with Crippen LogP contribution in [0.5, 0.6) is 0 Å². The number of piperidine rings is 1. The average molecular weight is 356 g/mol. The number of furan rings is 1. The molecule has 2 aromatic rings. The molecule has 4 rings (SSSR count). The molecule has 2 fully saturated rings. The molecule has 2 amide bonds. The summed E-state index contributed by atoms with van der Waals surface area (Å²) in [5.74, 6) is 0.704. The van der Waals surface area contributed by atoms with Crippen molar-refractivity contribution in [1.82, 2.24) is 10.2 Å². The number of amides is 2. The van der Waals surface area contributed by atoms with E-state index in [1.807, 2.05) is 4.90 Å². The largest absolute Gasteiger partial charge is 0.451 e. The molecule has 136 valence electrons. The molecule has 0 bridgehead atoms. The number of benzene rings is 1. The number of rotatable bonds is 4. The van der Waals surface area contributed by atoms with Gasteiger partial charge in [0.25, 0.3) is 5.91 Å². The van der Waals surface area contributed by atoms with Crippen molar-refractivity contribution in [3.8, 4) is 11.3 Å². The first-order valence-corrected chi connectivity index (χ1v) is 9.05. The van der Waals surface area contributed by atoms with Crippen LogP contribution in [-0.4, -0.2) is 35.8 Å². The van der Waals surface area contributed by atoms with Crippen LogP contribution in [0.4, 0.5) is 4.39 Å². The Hall–Kier alpha value is -2.63. The molecule has 1 N–H and O–H groups in total. The van der Waals surface area contributed by atoms with Gasteiger partial charge >= 0.3 is 0 Å². The second-order valence-corrected chi connectivity index (χ2v) is 7.02. The number of carbonyl (C=O) groups excluding carboxylic acids is 2. The van der Waals surface area contributed by atoms with Crippen molar-refractivity contribution in [3.05, 3.63) is 48.0 Å². The number of halogens is 1. The van der Waals surface area contributed by atoms with Crippen LogP contribution in [0.25, 0.3) is 11.3 Å². The summed E-state index contributed by atoms with van der Waals surface area (Å²) in [6.07, 6.45) is 3.56. The zero-order chi connectivity index (χ0) is 18.1. The summed E-state index contributed by atoms with van der Waals surface area (Å²) in [4.78, 5) is 26.4. The molecule has 6 heteroatoms. The highest BCUT2D eigenvalue weighted by atomic mass is 19.1. The second-order valence-electron chi connectivity index (χ2n) is 7.02. The highest BCUT2D eigenvalue weighted by Gasteiger charge is 2.35. The summed E-state index contributed by atoms with van der Waals surface area (Å²) < 4.78 is 18.6. The van der Waals surface area contributed by atoms with Crippen molar-refractivity contribution in [1.29, 1.82) is 0 Å². The fourth-order valence-electron chi connectivity index (χ4n) is 3.32. The van der Waals surface area contributed by atoms with E-state index in [9.17, 15) is 14.0 Å². The van der Waals surface area contributed by atoms with Crippen LogP contribution in [-0.2, 0) is 4.79 Å². The number of nitrogens with zero attached hydrogens (tertiary/aromatic N) is 1. The van der Waals surface area contributed by atoms with Gasteiger partial charge in [-0.2, -0.15) is 0 Å². The van der Waals surface area contributed by atoms with Crippen LogP contribution in [0.2, 0.25) is 0 Å². The van der Waals surface area contributed by atoms with E-state index in [2.05, 4.69) is 5.32 Å². The van der Waals surface area contributed by atoms with Gasteiger partial charge in [-0.25, -0.2) is 4.39 Å². The summed E-state index contributed by atoms with van der Waals surface area (Å²) >= 11 is 0. The average Bonchev–Trinajstić information content (AvgIpc) is 3.39. The van der Waals surface area contributed by atoms with Gasteiger partial charge in [-0.3, -0.25) is 9.59 Å². The summed E-state index contributed by atoms with van der Waals surface area (Å²) in [5, 5.41) is 2.98. The third-order valence-corrected chi connectivity index (χ3v) is 5.03. The maximum Gasteiger partial charge on any atom is 0.287 e. The van der Waals surface area contributed by atoms with Crippen LogP contribution < -0.4 is 5.32 Å². The predicted octanol–water partition coefficient (Wildman–Crippen LogP) is 3.22. The molecule has 1 aliphatic carbocycles. The smallest absolute Gasteiger partial charge is 0.287 e. The summed E-state index contributed by atoms with van der Waals surface area (Å²) in [5.41, 5.74) is 0.720. The zero-order valence-corrected chi connectivity index (χ0v) is 14.4. The fourth-order valence-corrected chi connectivity index (χ4v) is 3.32. The third-order valence-electron chi connectivity index (χ3n) is 5.03. The molecule has 0 atom stereocenters. The number of likely N-dealkylation sites (tertiary alicyclic amines) is 1. The van der Waals surface area contributed by atoms with Crippen molar-refractivity contribution >= 4 is 11.8 Å². The van der Waals surface area contributed by atoms with E-state index in [4.69, 9.17) is 4.42 Å². The van der Waals surface area contributed by atoms with Crippen molar-refractivity contribution in [3.63, 3.8) is 0 Å². The lowest BCUT2D eigenvalue weighted by Crippen LogP contribution is -2.46. The number of carbonyl (C=O) groups is 2. The highest BCUT2D eigenvalue weighted by molar-refractivity contribution is 5.92. The lowest BCUT2D eigenvalue weighted by molar-refractivity contribution is -0.133. The molecule has 1 saturated carbocycles. The molecule has 1 aliphatic heterocycles. The number of hydrogen-bond donors (Lipinski definition) is 1. The molecular formula is C20H21FN2O3. The summed E-state index contributed by atoms with van der Waals surface area (Å²) in [6, 6.07) is 9.32. The maximum absolute atomic E-state index is 13.0. The molecule has 5 nitrogen and oxygen atoms in total. The maximum atomic E-state index is 13.0. The Balaban J connectivity index is 1.32. The molecule has 0 spiro atoms. The standard InChI is InChI=1S/C20H21FN2O3/c21-15-5-3-13(4-6-15)17-7-8-18(26-17)19(24)22-16-9-11-23(12-10-16)20(25)14-1-2-14/h3-8,14,16H,1-2,9-12H2,(H,22,24). The van der Waals surface area contributed by atoms with Crippen LogP contribution in [0.1, 0.15) is 36.2 Å². The van der Waals surface area contributed by atoms with Gasteiger partial charge in [0.15, 0.2) is 5.76 Å². The SMILES string of the molecule is O=C(NC1CCN(C(=O)C2CC2)CC1)c1ccc(-c2ccc(F)cc2)o1. The van der Waals surface area contributed by atoms with Crippen molar-refractivity contribution < 1.29 is 18.4 Å².